The van der Waals surface area contributed by atoms with Crippen molar-refractivity contribution in [1.29, 1.82) is 0 Å². The first kappa shape index (κ1) is 21.4. The molecule has 0 saturated carbocycles. The van der Waals surface area contributed by atoms with E-state index in [9.17, 15) is 13.2 Å². The lowest BCUT2D eigenvalue weighted by Gasteiger charge is -2.28. The molecule has 0 bridgehead atoms. The zero-order chi connectivity index (χ0) is 22.0. The van der Waals surface area contributed by atoms with Crippen LogP contribution in [0.15, 0.2) is 71.6 Å². The zero-order valence-corrected chi connectivity index (χ0v) is 18.4. The maximum atomic E-state index is 13.3. The van der Waals surface area contributed by atoms with Crippen molar-refractivity contribution in [3.05, 3.63) is 88.4 Å². The molecule has 3 aromatic carbocycles. The third kappa shape index (κ3) is 4.44. The van der Waals surface area contributed by atoms with Crippen LogP contribution >= 0.6 is 11.6 Å². The molecule has 1 N–H and O–H groups in total. The number of ether oxygens (including phenoxy) is 1. The van der Waals surface area contributed by atoms with E-state index >= 15 is 0 Å². The van der Waals surface area contributed by atoms with Crippen molar-refractivity contribution in [3.8, 4) is 5.75 Å². The molecule has 6 nitrogen and oxygen atoms in total. The first-order valence-corrected chi connectivity index (χ1v) is 11.5. The van der Waals surface area contributed by atoms with E-state index in [2.05, 4.69) is 5.32 Å². The number of anilines is 1. The van der Waals surface area contributed by atoms with Gasteiger partial charge in [-0.3, -0.25) is 4.79 Å². The van der Waals surface area contributed by atoms with E-state index in [4.69, 9.17) is 16.3 Å². The van der Waals surface area contributed by atoms with Gasteiger partial charge in [-0.1, -0.05) is 35.9 Å². The number of benzene rings is 3. The number of fused-ring (bicyclic) bond motifs is 1. The van der Waals surface area contributed by atoms with Gasteiger partial charge in [0, 0.05) is 24.3 Å². The van der Waals surface area contributed by atoms with Gasteiger partial charge in [-0.2, -0.15) is 4.31 Å². The molecule has 0 atom stereocenters. The molecule has 0 aromatic heterocycles. The Balaban J connectivity index is 1.59. The smallest absolute Gasteiger partial charge is 0.255 e. The second-order valence-corrected chi connectivity index (χ2v) is 9.50. The summed E-state index contributed by atoms with van der Waals surface area (Å²) in [5.74, 6) is 0.239. The standard InChI is InChI=1S/C23H21ClN2O4S/c1-30-20-9-7-19(8-10-20)25-23(27)17-6-11-21(24)22(14-17)31(28,29)26-13-12-16-4-2-3-5-18(16)15-26/h2-11,14H,12-13,15H2,1H3,(H,25,27). The minimum absolute atomic E-state index is 0.0732. The summed E-state index contributed by atoms with van der Waals surface area (Å²) in [5.41, 5.74) is 2.89. The average Bonchev–Trinajstić information content (AvgIpc) is 2.79. The molecule has 1 aliphatic heterocycles. The van der Waals surface area contributed by atoms with E-state index in [1.165, 1.54) is 22.5 Å². The van der Waals surface area contributed by atoms with Gasteiger partial charge in [-0.15, -0.1) is 0 Å². The molecule has 0 fully saturated rings. The Labute approximate surface area is 186 Å². The van der Waals surface area contributed by atoms with Crippen LogP contribution in [0.25, 0.3) is 0 Å². The highest BCUT2D eigenvalue weighted by Gasteiger charge is 2.30. The minimum Gasteiger partial charge on any atom is -0.497 e. The van der Waals surface area contributed by atoms with E-state index in [1.807, 2.05) is 24.3 Å². The number of carbonyl (C=O) groups excluding carboxylic acids is 1. The lowest BCUT2D eigenvalue weighted by atomic mass is 10.0. The summed E-state index contributed by atoms with van der Waals surface area (Å²) in [6, 6.07) is 18.9. The summed E-state index contributed by atoms with van der Waals surface area (Å²) >= 11 is 6.25. The van der Waals surface area contributed by atoms with E-state index in [0.29, 0.717) is 24.4 Å². The summed E-state index contributed by atoms with van der Waals surface area (Å²) < 4.78 is 33.1. The predicted molar refractivity (Wildman–Crippen MR) is 120 cm³/mol. The van der Waals surface area contributed by atoms with Crippen LogP contribution < -0.4 is 10.1 Å². The Morgan fingerprint density at radius 2 is 1.74 bits per heavy atom. The summed E-state index contributed by atoms with van der Waals surface area (Å²) in [6.07, 6.45) is 0.630. The molecule has 0 radical (unpaired) electrons. The van der Waals surface area contributed by atoms with Crippen LogP contribution in [0.2, 0.25) is 5.02 Å². The molecule has 4 rings (SSSR count). The monoisotopic (exact) mass is 456 g/mol. The Morgan fingerprint density at radius 3 is 2.45 bits per heavy atom. The van der Waals surface area contributed by atoms with Crippen LogP contribution in [0.3, 0.4) is 0 Å². The maximum absolute atomic E-state index is 13.3. The molecule has 31 heavy (non-hydrogen) atoms. The predicted octanol–water partition coefficient (Wildman–Crippen LogP) is 4.35. The molecule has 1 heterocycles. The van der Waals surface area contributed by atoms with Gasteiger partial charge < -0.3 is 10.1 Å². The molecule has 0 saturated heterocycles. The van der Waals surface area contributed by atoms with Crippen LogP contribution in [0.4, 0.5) is 5.69 Å². The summed E-state index contributed by atoms with van der Waals surface area (Å²) in [4.78, 5) is 12.6. The van der Waals surface area contributed by atoms with E-state index < -0.39 is 15.9 Å². The quantitative estimate of drug-likeness (QED) is 0.619. The van der Waals surface area contributed by atoms with Crippen molar-refractivity contribution >= 4 is 33.2 Å². The normalized spacial score (nSPS) is 14.0. The van der Waals surface area contributed by atoms with Crippen LogP contribution in [-0.4, -0.2) is 32.3 Å². The number of nitrogens with zero attached hydrogens (tertiary/aromatic N) is 1. The van der Waals surface area contributed by atoms with Gasteiger partial charge in [-0.25, -0.2) is 8.42 Å². The number of sulfonamides is 1. The summed E-state index contributed by atoms with van der Waals surface area (Å²) in [5, 5.41) is 2.84. The fourth-order valence-corrected chi connectivity index (χ4v) is 5.45. The van der Waals surface area contributed by atoms with Crippen molar-refractivity contribution in [1.82, 2.24) is 4.31 Å². The molecular weight excluding hydrogens is 436 g/mol. The first-order chi connectivity index (χ1) is 14.9. The van der Waals surface area contributed by atoms with E-state index in [-0.39, 0.29) is 22.0 Å². The van der Waals surface area contributed by atoms with Crippen molar-refractivity contribution in [3.63, 3.8) is 0 Å². The van der Waals surface area contributed by atoms with Crippen LogP contribution in [0, 0.1) is 0 Å². The van der Waals surface area contributed by atoms with Crippen molar-refractivity contribution in [2.45, 2.75) is 17.9 Å². The largest absolute Gasteiger partial charge is 0.497 e. The lowest BCUT2D eigenvalue weighted by molar-refractivity contribution is 0.102. The molecule has 0 aliphatic carbocycles. The third-order valence-corrected chi connectivity index (χ3v) is 7.58. The number of methoxy groups -OCH3 is 1. The number of halogens is 1. The third-order valence-electron chi connectivity index (χ3n) is 5.25. The van der Waals surface area contributed by atoms with Crippen molar-refractivity contribution < 1.29 is 17.9 Å². The number of amides is 1. The van der Waals surface area contributed by atoms with Gasteiger partial charge in [0.2, 0.25) is 10.0 Å². The molecule has 1 amide bonds. The Kier molecular flexibility index (Phi) is 6.00. The Hall–Kier alpha value is -2.87. The van der Waals surface area contributed by atoms with Crippen molar-refractivity contribution in [2.75, 3.05) is 19.0 Å². The number of nitrogens with one attached hydrogen (secondary N) is 1. The highest BCUT2D eigenvalue weighted by molar-refractivity contribution is 7.89. The number of rotatable bonds is 5. The Bertz CT molecular complexity index is 1230. The van der Waals surface area contributed by atoms with Gasteiger partial charge in [-0.05, 0) is 60.0 Å². The highest BCUT2D eigenvalue weighted by atomic mass is 35.5. The first-order valence-electron chi connectivity index (χ1n) is 9.70. The second-order valence-electron chi connectivity index (χ2n) is 7.19. The van der Waals surface area contributed by atoms with Gasteiger partial charge in [0.1, 0.15) is 10.6 Å². The Morgan fingerprint density at radius 1 is 1.03 bits per heavy atom. The number of carbonyl (C=O) groups is 1. The van der Waals surface area contributed by atoms with Crippen LogP contribution in [-0.2, 0) is 23.0 Å². The average molecular weight is 457 g/mol. The molecule has 8 heteroatoms. The van der Waals surface area contributed by atoms with E-state index in [1.54, 1.807) is 31.4 Å². The van der Waals surface area contributed by atoms with Crippen molar-refractivity contribution in [2.24, 2.45) is 0 Å². The fourth-order valence-electron chi connectivity index (χ4n) is 3.53. The fraction of sp³-hybridized carbons (Fsp3) is 0.174. The summed E-state index contributed by atoms with van der Waals surface area (Å²) in [6.45, 7) is 0.634. The van der Waals surface area contributed by atoms with Gasteiger partial charge in [0.05, 0.1) is 12.1 Å². The van der Waals surface area contributed by atoms with Crippen LogP contribution in [0.1, 0.15) is 21.5 Å². The number of hydrogen-bond acceptors (Lipinski definition) is 4. The molecule has 3 aromatic rings. The number of hydrogen-bond donors (Lipinski definition) is 1. The van der Waals surface area contributed by atoms with Gasteiger partial charge >= 0.3 is 0 Å². The molecule has 0 unspecified atom stereocenters. The SMILES string of the molecule is COc1ccc(NC(=O)c2ccc(Cl)c(S(=O)(=O)N3CCc4ccccc4C3)c2)cc1. The molecular formula is C23H21ClN2O4S. The lowest BCUT2D eigenvalue weighted by Crippen LogP contribution is -2.36. The van der Waals surface area contributed by atoms with E-state index in [0.717, 1.165) is 11.1 Å². The molecule has 0 spiro atoms. The molecule has 1 aliphatic rings. The second kappa shape index (κ2) is 8.70. The zero-order valence-electron chi connectivity index (χ0n) is 16.8. The van der Waals surface area contributed by atoms with Crippen LogP contribution in [0.5, 0.6) is 5.75 Å². The topological polar surface area (TPSA) is 75.7 Å². The van der Waals surface area contributed by atoms with Gasteiger partial charge in [0.25, 0.3) is 5.91 Å². The summed E-state index contributed by atoms with van der Waals surface area (Å²) in [7, 11) is -2.31. The maximum Gasteiger partial charge on any atom is 0.255 e. The highest BCUT2D eigenvalue weighted by Crippen LogP contribution is 2.30. The minimum atomic E-state index is -3.87. The molecule has 160 valence electrons. The van der Waals surface area contributed by atoms with Gasteiger partial charge in [0.15, 0.2) is 0 Å².